The number of anilines is 1. The van der Waals surface area contributed by atoms with Gasteiger partial charge in [-0.25, -0.2) is 4.39 Å². The van der Waals surface area contributed by atoms with Crippen LogP contribution in [0.2, 0.25) is 0 Å². The van der Waals surface area contributed by atoms with E-state index >= 15 is 0 Å². The SMILES string of the molecule is Cc1ccc(C)c(NC(=S)C(=C([O-])c2ccc(F)cc2)[n+]2cccc(CO)c2)c1. The van der Waals surface area contributed by atoms with Gasteiger partial charge in [0.05, 0.1) is 6.61 Å². The summed E-state index contributed by atoms with van der Waals surface area (Å²) >= 11 is 5.60. The number of aliphatic hydroxyl groups excluding tert-OH is 1. The normalized spacial score (nSPS) is 11.7. The molecule has 0 bridgehead atoms. The van der Waals surface area contributed by atoms with Crippen LogP contribution in [0.3, 0.4) is 0 Å². The van der Waals surface area contributed by atoms with Crippen molar-refractivity contribution in [2.24, 2.45) is 0 Å². The molecule has 0 fully saturated rings. The average molecular weight is 408 g/mol. The van der Waals surface area contributed by atoms with Crippen molar-refractivity contribution in [2.45, 2.75) is 20.5 Å². The van der Waals surface area contributed by atoms with Gasteiger partial charge < -0.3 is 15.5 Å². The van der Waals surface area contributed by atoms with Crippen LogP contribution in [-0.2, 0) is 6.61 Å². The summed E-state index contributed by atoms with van der Waals surface area (Å²) < 4.78 is 14.9. The van der Waals surface area contributed by atoms with Gasteiger partial charge in [0.25, 0.3) is 0 Å². The monoisotopic (exact) mass is 408 g/mol. The highest BCUT2D eigenvalue weighted by Crippen LogP contribution is 2.21. The summed E-state index contributed by atoms with van der Waals surface area (Å²) in [4.78, 5) is 0.230. The van der Waals surface area contributed by atoms with E-state index in [1.807, 2.05) is 32.0 Å². The van der Waals surface area contributed by atoms with Gasteiger partial charge >= 0.3 is 0 Å². The minimum Gasteiger partial charge on any atom is -0.867 e. The molecule has 0 aliphatic rings. The molecule has 148 valence electrons. The van der Waals surface area contributed by atoms with Crippen LogP contribution in [0, 0.1) is 19.7 Å². The van der Waals surface area contributed by atoms with Gasteiger partial charge in [0.1, 0.15) is 5.82 Å². The van der Waals surface area contributed by atoms with Crippen LogP contribution in [0.15, 0.2) is 67.0 Å². The molecule has 0 spiro atoms. The number of thiocarbonyl (C=S) groups is 1. The molecule has 0 atom stereocenters. The zero-order valence-electron chi connectivity index (χ0n) is 16.1. The molecule has 6 heteroatoms. The standard InChI is InChI=1S/C23H21FN2O2S/c1-15-5-6-16(2)20(12-15)25-23(29)21(26-11-3-4-17(13-26)14-27)22(28)18-7-9-19(24)10-8-18/h3-13,27H,14H2,1-2H3,(H-,25,28,29). The summed E-state index contributed by atoms with van der Waals surface area (Å²) in [7, 11) is 0. The first kappa shape index (κ1) is 20.6. The van der Waals surface area contributed by atoms with E-state index in [-0.39, 0.29) is 23.1 Å². The Bertz CT molecular complexity index is 1080. The molecule has 3 aromatic rings. The van der Waals surface area contributed by atoms with Crippen molar-refractivity contribution in [2.75, 3.05) is 5.32 Å². The lowest BCUT2D eigenvalue weighted by molar-refractivity contribution is -0.578. The molecule has 1 aromatic heterocycles. The van der Waals surface area contributed by atoms with Crippen LogP contribution in [0.1, 0.15) is 22.3 Å². The van der Waals surface area contributed by atoms with Crippen molar-refractivity contribution >= 4 is 34.3 Å². The number of rotatable bonds is 5. The highest BCUT2D eigenvalue weighted by atomic mass is 32.1. The fourth-order valence-electron chi connectivity index (χ4n) is 2.88. The molecule has 0 saturated carbocycles. The second-order valence-electron chi connectivity index (χ2n) is 6.73. The predicted molar refractivity (Wildman–Crippen MR) is 114 cm³/mol. The number of aromatic nitrogens is 1. The van der Waals surface area contributed by atoms with Gasteiger partial charge in [0.2, 0.25) is 5.70 Å². The summed E-state index contributed by atoms with van der Waals surface area (Å²) in [6.07, 6.45) is 3.33. The van der Waals surface area contributed by atoms with Crippen LogP contribution in [0.25, 0.3) is 11.5 Å². The molecule has 4 nitrogen and oxygen atoms in total. The molecular formula is C23H21FN2O2S. The maximum atomic E-state index is 13.3. The first-order valence-electron chi connectivity index (χ1n) is 9.06. The lowest BCUT2D eigenvalue weighted by Crippen LogP contribution is -2.40. The third-order valence-electron chi connectivity index (χ3n) is 4.48. The number of halogens is 1. The van der Waals surface area contributed by atoms with Crippen LogP contribution in [0.4, 0.5) is 10.1 Å². The van der Waals surface area contributed by atoms with Gasteiger partial charge in [-0.3, -0.25) is 0 Å². The first-order chi connectivity index (χ1) is 13.9. The maximum Gasteiger partial charge on any atom is 0.238 e. The summed E-state index contributed by atoms with van der Waals surface area (Å²) in [6.45, 7) is 3.75. The van der Waals surface area contributed by atoms with E-state index in [1.54, 1.807) is 29.1 Å². The number of pyridine rings is 1. The number of aliphatic hydroxyl groups is 1. The van der Waals surface area contributed by atoms with Crippen molar-refractivity contribution in [3.8, 4) is 0 Å². The van der Waals surface area contributed by atoms with E-state index in [0.29, 0.717) is 11.1 Å². The number of benzene rings is 2. The van der Waals surface area contributed by atoms with E-state index in [9.17, 15) is 14.6 Å². The topological polar surface area (TPSA) is 59.2 Å². The Hall–Kier alpha value is -3.09. The van der Waals surface area contributed by atoms with Crippen LogP contribution >= 0.6 is 12.2 Å². The zero-order chi connectivity index (χ0) is 21.0. The third-order valence-corrected chi connectivity index (χ3v) is 4.78. The predicted octanol–water partition coefficient (Wildman–Crippen LogP) is 3.35. The average Bonchev–Trinajstić information content (AvgIpc) is 2.71. The summed E-state index contributed by atoms with van der Waals surface area (Å²) in [6, 6.07) is 14.7. The van der Waals surface area contributed by atoms with Crippen molar-refractivity contribution < 1.29 is 19.2 Å². The molecule has 0 amide bonds. The number of nitrogens with one attached hydrogen (secondary N) is 1. The van der Waals surface area contributed by atoms with Crippen LogP contribution < -0.4 is 15.0 Å². The first-order valence-corrected chi connectivity index (χ1v) is 9.47. The Balaban J connectivity index is 2.11. The Morgan fingerprint density at radius 3 is 2.55 bits per heavy atom. The second-order valence-corrected chi connectivity index (χ2v) is 7.14. The molecule has 2 aromatic carbocycles. The molecule has 1 heterocycles. The van der Waals surface area contributed by atoms with Crippen molar-refractivity contribution in [1.29, 1.82) is 0 Å². The maximum absolute atomic E-state index is 13.3. The lowest BCUT2D eigenvalue weighted by atomic mass is 10.1. The van der Waals surface area contributed by atoms with Gasteiger partial charge in [-0.1, -0.05) is 36.5 Å². The third kappa shape index (κ3) is 4.85. The number of hydrogen-bond acceptors (Lipinski definition) is 3. The van der Waals surface area contributed by atoms with Gasteiger partial charge in [0, 0.05) is 17.3 Å². The van der Waals surface area contributed by atoms with Crippen molar-refractivity contribution in [3.63, 3.8) is 0 Å². The number of nitrogens with zero attached hydrogens (tertiary/aromatic N) is 1. The van der Waals surface area contributed by atoms with E-state index in [0.717, 1.165) is 16.8 Å². The molecule has 0 unspecified atom stereocenters. The fraction of sp³-hybridized carbons (Fsp3) is 0.130. The molecule has 2 N–H and O–H groups in total. The summed E-state index contributed by atoms with van der Waals surface area (Å²) in [5.41, 5.74) is 4.00. The highest BCUT2D eigenvalue weighted by molar-refractivity contribution is 7.81. The molecule has 3 rings (SSSR count). The Morgan fingerprint density at radius 2 is 1.86 bits per heavy atom. The van der Waals surface area contributed by atoms with E-state index < -0.39 is 5.82 Å². The fourth-order valence-corrected chi connectivity index (χ4v) is 3.19. The van der Waals surface area contributed by atoms with Crippen molar-refractivity contribution in [3.05, 3.63) is 95.1 Å². The molecule has 0 aliphatic heterocycles. The number of aryl methyl sites for hydroxylation is 2. The highest BCUT2D eigenvalue weighted by Gasteiger charge is 2.20. The smallest absolute Gasteiger partial charge is 0.238 e. The van der Waals surface area contributed by atoms with Gasteiger partial charge in [-0.15, -0.1) is 0 Å². The molecule has 29 heavy (non-hydrogen) atoms. The molecule has 0 saturated heterocycles. The molecule has 0 aliphatic carbocycles. The minimum absolute atomic E-state index is 0.171. The van der Waals surface area contributed by atoms with Gasteiger partial charge in [0.15, 0.2) is 17.4 Å². The Kier molecular flexibility index (Phi) is 6.36. The quantitative estimate of drug-likeness (QED) is 0.294. The minimum atomic E-state index is -0.422. The van der Waals surface area contributed by atoms with Crippen molar-refractivity contribution in [1.82, 2.24) is 0 Å². The van der Waals surface area contributed by atoms with Crippen LogP contribution in [0.5, 0.6) is 0 Å². The summed E-state index contributed by atoms with van der Waals surface area (Å²) in [5, 5.41) is 25.9. The largest absolute Gasteiger partial charge is 0.867 e. The molecular weight excluding hydrogens is 387 g/mol. The van der Waals surface area contributed by atoms with Crippen LogP contribution in [-0.4, -0.2) is 10.1 Å². The zero-order valence-corrected chi connectivity index (χ0v) is 17.0. The van der Waals surface area contributed by atoms with E-state index in [4.69, 9.17) is 12.2 Å². The Labute approximate surface area is 174 Å². The Morgan fingerprint density at radius 1 is 1.14 bits per heavy atom. The van der Waals surface area contributed by atoms with E-state index in [2.05, 4.69) is 5.32 Å². The second kappa shape index (κ2) is 8.94. The van der Waals surface area contributed by atoms with Gasteiger partial charge in [-0.2, -0.15) is 4.57 Å². The summed E-state index contributed by atoms with van der Waals surface area (Å²) in [5.74, 6) is -0.776. The van der Waals surface area contributed by atoms with E-state index in [1.165, 1.54) is 24.3 Å². The van der Waals surface area contributed by atoms with Gasteiger partial charge in [-0.05, 0) is 60.6 Å². The number of hydrogen-bond donors (Lipinski definition) is 2. The lowest BCUT2D eigenvalue weighted by Gasteiger charge is -2.18. The molecule has 0 radical (unpaired) electrons.